The Kier molecular flexibility index (Phi) is 18.0. The Morgan fingerprint density at radius 3 is 1.20 bits per heavy atom. The second-order valence-corrected chi connectivity index (χ2v) is 16.2. The third-order valence-corrected chi connectivity index (χ3v) is 11.8. The summed E-state index contributed by atoms with van der Waals surface area (Å²) < 4.78 is 55.0. The van der Waals surface area contributed by atoms with Crippen molar-refractivity contribution in [2.45, 2.75) is 166 Å². The van der Waals surface area contributed by atoms with Crippen molar-refractivity contribution in [1.29, 1.82) is 0 Å². The van der Waals surface area contributed by atoms with E-state index in [2.05, 4.69) is 21.5 Å². The average Bonchev–Trinajstić information content (AvgIpc) is 4.08. The molecule has 378 valence electrons. The number of hydrogen-bond donors (Lipinski definition) is 17. The Bertz CT molecular complexity index is 1640. The minimum Gasteiger partial charge on any atom is -0.438 e. The number of carbonyl (C=O) groups is 1. The van der Waals surface area contributed by atoms with Gasteiger partial charge in [-0.2, -0.15) is 10.2 Å². The molecular weight excluding hydrogens is 906 g/mol. The number of alkyl carbamates (subject to hydrolysis) is 1. The fourth-order valence-corrected chi connectivity index (χ4v) is 7.97. The normalized spacial score (nSPS) is 48.0. The molecule has 0 aromatic carbocycles. The second-order valence-electron chi connectivity index (χ2n) is 16.2. The molecule has 6 heterocycles. The third-order valence-electron chi connectivity index (χ3n) is 11.8. The highest BCUT2D eigenvalue weighted by Crippen LogP contribution is 2.36. The molecule has 1 amide bonds. The molecule has 17 N–H and O–H groups in total. The molecule has 5 fully saturated rings. The molecular formula is C36H57N3O27. The smallest absolute Gasteiger partial charge is 0.407 e. The van der Waals surface area contributed by atoms with Crippen LogP contribution in [0.5, 0.6) is 0 Å². The Hall–Kier alpha value is -2.57. The summed E-state index contributed by atoms with van der Waals surface area (Å²) >= 11 is 0. The van der Waals surface area contributed by atoms with E-state index in [1.54, 1.807) is 0 Å². The SMILES string of the molecule is C#CCC1(CNC(=O)OC2[C@H](O)OC(CO)[C@@H](O[C@H]3OC(CO)[C@@H](O[C@H]4OC(CO)[C@@H](O[C@H]5OC(CO)[C@@H](O[C@H]6OC(CO)[C@@H](O)[C@H](O)C6O)[C@H](O)C5O)[C@H](O)C4O)[C@H](O)C3O)[C@@H]2O)N=N1. The summed E-state index contributed by atoms with van der Waals surface area (Å²) in [5.74, 6) is 2.34. The number of rotatable bonds is 17. The lowest BCUT2D eigenvalue weighted by atomic mass is 9.95. The minimum atomic E-state index is -2.16. The first kappa shape index (κ1) is 52.8. The molecule has 6 aliphatic rings. The van der Waals surface area contributed by atoms with Crippen LogP contribution < -0.4 is 5.32 Å². The van der Waals surface area contributed by atoms with Crippen molar-refractivity contribution in [3.8, 4) is 12.3 Å². The van der Waals surface area contributed by atoms with Crippen molar-refractivity contribution in [3.05, 3.63) is 0 Å². The van der Waals surface area contributed by atoms with Gasteiger partial charge in [-0.25, -0.2) is 4.79 Å². The molecule has 0 aromatic rings. The molecule has 66 heavy (non-hydrogen) atoms. The van der Waals surface area contributed by atoms with E-state index in [9.17, 15) is 86.5 Å². The first-order valence-corrected chi connectivity index (χ1v) is 20.6. The summed E-state index contributed by atoms with van der Waals surface area (Å²) in [6.45, 7) is -4.89. The van der Waals surface area contributed by atoms with Crippen LogP contribution in [-0.4, -0.2) is 287 Å². The van der Waals surface area contributed by atoms with Gasteiger partial charge in [0.05, 0.1) is 46.0 Å². The van der Waals surface area contributed by atoms with Crippen LogP contribution in [0.4, 0.5) is 4.79 Å². The van der Waals surface area contributed by atoms with Gasteiger partial charge in [0.2, 0.25) is 5.66 Å². The molecule has 0 aromatic heterocycles. The number of terminal acetylenes is 1. The molecule has 30 nitrogen and oxygen atoms in total. The van der Waals surface area contributed by atoms with Crippen LogP contribution in [0.1, 0.15) is 6.42 Å². The summed E-state index contributed by atoms with van der Waals surface area (Å²) in [6, 6.07) is 0. The summed E-state index contributed by atoms with van der Waals surface area (Å²) in [6.07, 6.45) is -42.8. The maximum absolute atomic E-state index is 12.5. The molecule has 0 saturated carbocycles. The number of amides is 1. The van der Waals surface area contributed by atoms with Crippen LogP contribution >= 0.6 is 0 Å². The highest BCUT2D eigenvalue weighted by Gasteiger charge is 2.57. The maximum atomic E-state index is 12.5. The van der Waals surface area contributed by atoms with Crippen LogP contribution in [0, 0.1) is 12.3 Å². The van der Waals surface area contributed by atoms with E-state index in [0.717, 1.165) is 0 Å². The van der Waals surface area contributed by atoms with Crippen LogP contribution in [0.2, 0.25) is 0 Å². The van der Waals surface area contributed by atoms with Gasteiger partial charge in [0.1, 0.15) is 116 Å². The van der Waals surface area contributed by atoms with Crippen LogP contribution in [0.3, 0.4) is 0 Å². The molecule has 0 spiro atoms. The highest BCUT2D eigenvalue weighted by atomic mass is 16.8. The van der Waals surface area contributed by atoms with Crippen molar-refractivity contribution in [2.75, 3.05) is 39.6 Å². The highest BCUT2D eigenvalue weighted by molar-refractivity contribution is 5.67. The third kappa shape index (κ3) is 11.1. The van der Waals surface area contributed by atoms with E-state index in [0.29, 0.717) is 0 Å². The molecule has 6 rings (SSSR count). The van der Waals surface area contributed by atoms with Gasteiger partial charge in [-0.15, -0.1) is 12.3 Å². The number of nitrogens with one attached hydrogen (secondary N) is 1. The second kappa shape index (κ2) is 22.5. The van der Waals surface area contributed by atoms with Crippen LogP contribution in [0.25, 0.3) is 0 Å². The fourth-order valence-electron chi connectivity index (χ4n) is 7.97. The Balaban J connectivity index is 1.06. The lowest BCUT2D eigenvalue weighted by Crippen LogP contribution is -2.68. The van der Waals surface area contributed by atoms with Gasteiger partial charge in [-0.1, -0.05) is 0 Å². The molecule has 6 aliphatic heterocycles. The number of nitrogens with zero attached hydrogens (tertiary/aromatic N) is 2. The zero-order valence-corrected chi connectivity index (χ0v) is 34.5. The first-order chi connectivity index (χ1) is 31.4. The van der Waals surface area contributed by atoms with E-state index in [1.165, 1.54) is 0 Å². The van der Waals surface area contributed by atoms with Gasteiger partial charge in [-0.05, 0) is 0 Å². The van der Waals surface area contributed by atoms with Crippen molar-refractivity contribution < 1.29 is 134 Å². The monoisotopic (exact) mass is 963 g/mol. The van der Waals surface area contributed by atoms with Gasteiger partial charge < -0.3 is 134 Å². The van der Waals surface area contributed by atoms with Crippen molar-refractivity contribution in [1.82, 2.24) is 5.32 Å². The van der Waals surface area contributed by atoms with Gasteiger partial charge in [-0.3, -0.25) is 0 Å². The van der Waals surface area contributed by atoms with Crippen molar-refractivity contribution >= 4 is 6.09 Å². The number of aliphatic hydroxyl groups excluding tert-OH is 16. The zero-order chi connectivity index (χ0) is 48.4. The zero-order valence-electron chi connectivity index (χ0n) is 34.5. The van der Waals surface area contributed by atoms with Gasteiger partial charge >= 0.3 is 6.09 Å². The lowest BCUT2D eigenvalue weighted by Gasteiger charge is -2.49. The molecule has 10 unspecified atom stereocenters. The predicted molar refractivity (Wildman–Crippen MR) is 200 cm³/mol. The largest absolute Gasteiger partial charge is 0.438 e. The number of aliphatic hydroxyl groups is 16. The van der Waals surface area contributed by atoms with Crippen LogP contribution in [0.15, 0.2) is 10.2 Å². The molecule has 0 radical (unpaired) electrons. The molecule has 25 atom stereocenters. The average molecular weight is 964 g/mol. The molecule has 0 aliphatic carbocycles. The summed E-state index contributed by atoms with van der Waals surface area (Å²) in [5, 5.41) is 179. The summed E-state index contributed by atoms with van der Waals surface area (Å²) in [7, 11) is 0. The molecule has 30 heteroatoms. The van der Waals surface area contributed by atoms with E-state index in [1.807, 2.05) is 0 Å². The predicted octanol–water partition coefficient (Wildman–Crippen LogP) is -11.0. The van der Waals surface area contributed by atoms with Crippen molar-refractivity contribution in [2.24, 2.45) is 10.2 Å². The van der Waals surface area contributed by atoms with Crippen molar-refractivity contribution in [3.63, 3.8) is 0 Å². The standard InChI is InChI=1S/C36H57N3O27/c1-2-3-36(38-39-36)9-37-35(56)66-29-24(54)28(11(5-41)57-30(29)55)65-34-23(53)19(49)27(14(8-44)61-34)64-33-22(52)18(48)26(13(7-43)60-33)63-32-21(51)17(47)25(12(6-42)59-32)62-31-20(50)16(46)15(45)10(4-40)58-31/h1,10-34,40-55H,3-9H2,(H,37,56)/t10?,11?,12?,13?,14?,15-,16+,17-,18-,19-,20?,21?,22?,23?,24+,25-,26-,27-,28-,29?,30-,31-,32-,33-,34-/m1/s1. The Morgan fingerprint density at radius 1 is 0.485 bits per heavy atom. The van der Waals surface area contributed by atoms with Gasteiger partial charge in [0.25, 0.3) is 0 Å². The fraction of sp³-hybridized carbons (Fsp3) is 0.917. The first-order valence-electron chi connectivity index (χ1n) is 20.6. The number of carbonyl (C=O) groups excluding carboxylic acids is 1. The van der Waals surface area contributed by atoms with E-state index in [-0.39, 0.29) is 13.0 Å². The number of ether oxygens (including phenoxy) is 10. The quantitative estimate of drug-likeness (QED) is 0.0602. The minimum absolute atomic E-state index is 0.0634. The van der Waals surface area contributed by atoms with E-state index >= 15 is 0 Å². The maximum Gasteiger partial charge on any atom is 0.407 e. The van der Waals surface area contributed by atoms with Gasteiger partial charge in [0.15, 0.2) is 37.6 Å². The molecule has 0 bridgehead atoms. The summed E-state index contributed by atoms with van der Waals surface area (Å²) in [5.41, 5.74) is -1.05. The Labute approximate surface area is 372 Å². The Morgan fingerprint density at radius 2 is 0.833 bits per heavy atom. The topological polar surface area (TPSA) is 470 Å². The van der Waals surface area contributed by atoms with E-state index in [4.69, 9.17) is 53.8 Å². The number of hydrogen-bond acceptors (Lipinski definition) is 29. The lowest BCUT2D eigenvalue weighted by molar-refractivity contribution is -0.392. The summed E-state index contributed by atoms with van der Waals surface area (Å²) in [4.78, 5) is 12.5. The van der Waals surface area contributed by atoms with Crippen LogP contribution in [-0.2, 0) is 47.4 Å². The van der Waals surface area contributed by atoms with E-state index < -0.39 is 198 Å². The van der Waals surface area contributed by atoms with Gasteiger partial charge in [0, 0.05) is 0 Å². The molecule has 5 saturated heterocycles.